The number of alkyl halides is 3. The molecule has 0 aliphatic carbocycles. The number of likely N-dealkylation sites (N-methyl/N-ethyl adjacent to an activating group) is 1. The number of hydrogen-bond donors (Lipinski definition) is 2. The van der Waals surface area contributed by atoms with Gasteiger partial charge in [-0.25, -0.2) is 0 Å². The lowest BCUT2D eigenvalue weighted by atomic mass is 10.00. The van der Waals surface area contributed by atoms with E-state index in [4.69, 9.17) is 0 Å². The Labute approximate surface area is 165 Å². The second-order valence-electron chi connectivity index (χ2n) is 7.57. The third kappa shape index (κ3) is 3.64. The molecule has 1 aromatic carbocycles. The standard InChI is InChI=1S/C19H22F3N7/c1-10-11(2)18(23-12-5-4-8-29(3)9-12)27-24-15(10)13-6-7-14(19(20,21)22)17-16(13)25-28-26-17/h6-7,12H,4-5,8-9H2,1-3H3,(H,23,27)(H,25,26,28)/t12-/m1/s1. The maximum Gasteiger partial charge on any atom is 0.418 e. The van der Waals surface area contributed by atoms with Crippen molar-refractivity contribution in [3.63, 3.8) is 0 Å². The van der Waals surface area contributed by atoms with Crippen molar-refractivity contribution < 1.29 is 13.2 Å². The Hall–Kier alpha value is -2.75. The van der Waals surface area contributed by atoms with Crippen LogP contribution in [0.1, 0.15) is 29.5 Å². The third-order valence-corrected chi connectivity index (χ3v) is 5.52. The number of nitrogens with one attached hydrogen (secondary N) is 2. The molecule has 0 bridgehead atoms. The van der Waals surface area contributed by atoms with Crippen LogP contribution in [0.2, 0.25) is 0 Å². The van der Waals surface area contributed by atoms with Gasteiger partial charge in [-0.05, 0) is 63.5 Å². The molecule has 0 amide bonds. The SMILES string of the molecule is Cc1c(N[C@@H]2CCCN(C)C2)nnc(-c2ccc(C(F)(F)F)c3n[nH]nc23)c1C. The van der Waals surface area contributed by atoms with Crippen LogP contribution in [-0.4, -0.2) is 56.7 Å². The van der Waals surface area contributed by atoms with Crippen molar-refractivity contribution in [3.05, 3.63) is 28.8 Å². The molecule has 3 heterocycles. The summed E-state index contributed by atoms with van der Waals surface area (Å²) in [6, 6.07) is 2.69. The molecule has 7 nitrogen and oxygen atoms in total. The first-order chi connectivity index (χ1) is 13.8. The van der Waals surface area contributed by atoms with Gasteiger partial charge in [0.1, 0.15) is 11.0 Å². The summed E-state index contributed by atoms with van der Waals surface area (Å²) in [6.07, 6.45) is -2.33. The molecule has 10 heteroatoms. The second-order valence-corrected chi connectivity index (χ2v) is 7.57. The highest BCUT2D eigenvalue weighted by Crippen LogP contribution is 2.37. The van der Waals surface area contributed by atoms with Crippen LogP contribution in [0.5, 0.6) is 0 Å². The Balaban J connectivity index is 1.72. The summed E-state index contributed by atoms with van der Waals surface area (Å²) in [4.78, 5) is 2.27. The van der Waals surface area contributed by atoms with E-state index in [1.807, 2.05) is 13.8 Å². The number of benzene rings is 1. The summed E-state index contributed by atoms with van der Waals surface area (Å²) >= 11 is 0. The van der Waals surface area contributed by atoms with Gasteiger partial charge in [-0.3, -0.25) is 0 Å². The molecule has 0 spiro atoms. The van der Waals surface area contributed by atoms with Gasteiger partial charge in [0, 0.05) is 18.2 Å². The van der Waals surface area contributed by atoms with Crippen LogP contribution in [0.4, 0.5) is 19.0 Å². The Morgan fingerprint density at radius 1 is 1.10 bits per heavy atom. The number of nitrogens with zero attached hydrogens (tertiary/aromatic N) is 5. The highest BCUT2D eigenvalue weighted by molar-refractivity contribution is 5.93. The molecule has 1 fully saturated rings. The van der Waals surface area contributed by atoms with Crippen molar-refractivity contribution in [3.8, 4) is 11.3 Å². The molecule has 1 saturated heterocycles. The fraction of sp³-hybridized carbons (Fsp3) is 0.474. The summed E-state index contributed by atoms with van der Waals surface area (Å²) in [7, 11) is 2.09. The van der Waals surface area contributed by atoms with E-state index in [1.54, 1.807) is 0 Å². The highest BCUT2D eigenvalue weighted by Gasteiger charge is 2.35. The Bertz CT molecular complexity index is 1040. The average molecular weight is 405 g/mol. The first-order valence-electron chi connectivity index (χ1n) is 9.45. The van der Waals surface area contributed by atoms with Crippen molar-refractivity contribution in [2.45, 2.75) is 38.9 Å². The molecule has 0 unspecified atom stereocenters. The second kappa shape index (κ2) is 7.25. The zero-order valence-electron chi connectivity index (χ0n) is 16.4. The topological polar surface area (TPSA) is 82.6 Å². The molecule has 0 radical (unpaired) electrons. The Morgan fingerprint density at radius 3 is 2.59 bits per heavy atom. The largest absolute Gasteiger partial charge is 0.418 e. The van der Waals surface area contributed by atoms with Gasteiger partial charge in [-0.1, -0.05) is 0 Å². The number of likely N-dealkylation sites (tertiary alicyclic amines) is 1. The van der Waals surface area contributed by atoms with Crippen LogP contribution in [0, 0.1) is 13.8 Å². The average Bonchev–Trinajstić information content (AvgIpc) is 3.14. The monoisotopic (exact) mass is 405 g/mol. The minimum atomic E-state index is -4.51. The predicted molar refractivity (Wildman–Crippen MR) is 104 cm³/mol. The molecule has 3 aromatic rings. The number of aromatic amines is 1. The number of anilines is 1. The van der Waals surface area contributed by atoms with Crippen LogP contribution >= 0.6 is 0 Å². The molecule has 0 saturated carbocycles. The molecule has 2 aromatic heterocycles. The van der Waals surface area contributed by atoms with E-state index in [1.165, 1.54) is 6.07 Å². The van der Waals surface area contributed by atoms with Gasteiger partial charge in [0.2, 0.25) is 0 Å². The van der Waals surface area contributed by atoms with Crippen molar-refractivity contribution in [1.29, 1.82) is 0 Å². The van der Waals surface area contributed by atoms with Crippen LogP contribution in [-0.2, 0) is 6.18 Å². The van der Waals surface area contributed by atoms with E-state index in [0.717, 1.165) is 43.1 Å². The summed E-state index contributed by atoms with van der Waals surface area (Å²) in [5.41, 5.74) is 1.82. The maximum atomic E-state index is 13.3. The van der Waals surface area contributed by atoms with Gasteiger partial charge < -0.3 is 10.2 Å². The van der Waals surface area contributed by atoms with Crippen LogP contribution in [0.3, 0.4) is 0 Å². The molecule has 29 heavy (non-hydrogen) atoms. The quantitative estimate of drug-likeness (QED) is 0.693. The number of rotatable bonds is 3. The number of H-pyrrole nitrogens is 1. The summed E-state index contributed by atoms with van der Waals surface area (Å²) < 4.78 is 39.8. The van der Waals surface area contributed by atoms with Gasteiger partial charge in [0.15, 0.2) is 5.82 Å². The third-order valence-electron chi connectivity index (χ3n) is 5.52. The minimum absolute atomic E-state index is 0.131. The molecule has 4 rings (SSSR count). The van der Waals surface area contributed by atoms with E-state index >= 15 is 0 Å². The fourth-order valence-corrected chi connectivity index (χ4v) is 3.83. The lowest BCUT2D eigenvalue weighted by Crippen LogP contribution is -2.40. The number of aromatic nitrogens is 5. The van der Waals surface area contributed by atoms with Crippen LogP contribution in [0.15, 0.2) is 12.1 Å². The van der Waals surface area contributed by atoms with E-state index in [9.17, 15) is 13.2 Å². The van der Waals surface area contributed by atoms with Crippen LogP contribution in [0.25, 0.3) is 22.3 Å². The normalized spacial score (nSPS) is 18.3. The number of hydrogen-bond acceptors (Lipinski definition) is 6. The number of halogens is 3. The van der Waals surface area contributed by atoms with Crippen molar-refractivity contribution in [2.24, 2.45) is 0 Å². The predicted octanol–water partition coefficient (Wildman–Crippen LogP) is 3.56. The van der Waals surface area contributed by atoms with E-state index in [0.29, 0.717) is 23.1 Å². The zero-order chi connectivity index (χ0) is 20.8. The van der Waals surface area contributed by atoms with E-state index in [-0.39, 0.29) is 11.0 Å². The minimum Gasteiger partial charge on any atom is -0.364 e. The smallest absolute Gasteiger partial charge is 0.364 e. The number of piperidine rings is 1. The van der Waals surface area contributed by atoms with Gasteiger partial charge in [-0.2, -0.15) is 28.6 Å². The molecular weight excluding hydrogens is 383 g/mol. The molecule has 1 atom stereocenters. The van der Waals surface area contributed by atoms with Gasteiger partial charge >= 0.3 is 6.18 Å². The molecule has 1 aliphatic heterocycles. The first-order valence-corrected chi connectivity index (χ1v) is 9.45. The summed E-state index contributed by atoms with van der Waals surface area (Å²) in [6.45, 7) is 5.84. The highest BCUT2D eigenvalue weighted by atomic mass is 19.4. The fourth-order valence-electron chi connectivity index (χ4n) is 3.83. The molecule has 154 valence electrons. The molecular formula is C19H22F3N7. The Morgan fingerprint density at radius 2 is 1.86 bits per heavy atom. The van der Waals surface area contributed by atoms with Crippen molar-refractivity contribution >= 4 is 16.9 Å². The lowest BCUT2D eigenvalue weighted by molar-refractivity contribution is -0.136. The number of fused-ring (bicyclic) bond motifs is 1. The Kier molecular flexibility index (Phi) is 4.89. The van der Waals surface area contributed by atoms with Gasteiger partial charge in [0.05, 0.1) is 11.3 Å². The summed E-state index contributed by atoms with van der Waals surface area (Å²) in [5.74, 6) is 0.704. The summed E-state index contributed by atoms with van der Waals surface area (Å²) in [5, 5.41) is 22.1. The van der Waals surface area contributed by atoms with Crippen molar-refractivity contribution in [1.82, 2.24) is 30.5 Å². The molecule has 2 N–H and O–H groups in total. The molecule has 1 aliphatic rings. The van der Waals surface area contributed by atoms with Gasteiger partial charge in [0.25, 0.3) is 0 Å². The first kappa shape index (κ1) is 19.6. The maximum absolute atomic E-state index is 13.3. The van der Waals surface area contributed by atoms with E-state index in [2.05, 4.69) is 42.9 Å². The zero-order valence-corrected chi connectivity index (χ0v) is 16.4. The van der Waals surface area contributed by atoms with Gasteiger partial charge in [-0.15, -0.1) is 10.2 Å². The lowest BCUT2D eigenvalue weighted by Gasteiger charge is -2.31. The van der Waals surface area contributed by atoms with Crippen LogP contribution < -0.4 is 5.32 Å². The van der Waals surface area contributed by atoms with E-state index < -0.39 is 11.7 Å². The van der Waals surface area contributed by atoms with Crippen molar-refractivity contribution in [2.75, 3.05) is 25.5 Å².